The van der Waals surface area contributed by atoms with Gasteiger partial charge < -0.3 is 5.11 Å². The highest BCUT2D eigenvalue weighted by molar-refractivity contribution is 9.33. The van der Waals surface area contributed by atoms with Gasteiger partial charge in [0.2, 0.25) is 3.23 Å². The third-order valence-corrected chi connectivity index (χ3v) is 15.3. The van der Waals surface area contributed by atoms with E-state index in [2.05, 4.69) is 118 Å². The van der Waals surface area contributed by atoms with Crippen molar-refractivity contribution in [3.63, 3.8) is 0 Å². The summed E-state index contributed by atoms with van der Waals surface area (Å²) in [5.41, 5.74) is 0. The van der Waals surface area contributed by atoms with E-state index in [1.54, 1.807) is 0 Å². The van der Waals surface area contributed by atoms with Crippen LogP contribution >= 0.6 is 112 Å². The zero-order chi connectivity index (χ0) is 14.1. The first kappa shape index (κ1) is 19.8. The molecule has 0 aliphatic rings. The van der Waals surface area contributed by atoms with Crippen molar-refractivity contribution in [1.82, 2.24) is 0 Å². The first-order valence-electron chi connectivity index (χ1n) is 4.43. The van der Waals surface area contributed by atoms with Crippen molar-refractivity contribution in [2.75, 3.05) is 0 Å². The van der Waals surface area contributed by atoms with Crippen LogP contribution in [0.3, 0.4) is 0 Å². The summed E-state index contributed by atoms with van der Waals surface area (Å²) < 4.78 is -3.14. The number of alkyl halides is 7. The van der Waals surface area contributed by atoms with Gasteiger partial charge in [0.15, 0.2) is 0 Å². The van der Waals surface area contributed by atoms with E-state index in [9.17, 15) is 9.90 Å². The first-order valence-corrected chi connectivity index (χ1v) is 10.1. The maximum Gasteiger partial charge on any atom is 0.333 e. The molecule has 0 bridgehead atoms. The van der Waals surface area contributed by atoms with Gasteiger partial charge in [-0.2, -0.15) is 0 Å². The Kier molecular flexibility index (Phi) is 8.40. The minimum atomic E-state index is -1.39. The van der Waals surface area contributed by atoms with Gasteiger partial charge in [-0.25, -0.2) is 4.79 Å². The molecule has 1 N–H and O–H groups in total. The number of carboxylic acid groups (broad SMARTS) is 1. The predicted molar refractivity (Wildman–Crippen MR) is 97.0 cm³/mol. The number of aliphatic carboxylic acids is 1. The average molecular weight is 696 g/mol. The first-order chi connectivity index (χ1) is 7.42. The Bertz CT molecular complexity index is 290. The van der Waals surface area contributed by atoms with Gasteiger partial charge in [0, 0.05) is 4.83 Å². The fourth-order valence-corrected chi connectivity index (χ4v) is 6.02. The summed E-state index contributed by atoms with van der Waals surface area (Å²) in [5, 5.41) is 9.24. The zero-order valence-corrected chi connectivity index (χ0v) is 19.6. The number of rotatable bonds is 6. The Balaban J connectivity index is 5.36. The molecule has 0 fully saturated rings. The van der Waals surface area contributed by atoms with Gasteiger partial charge in [-0.3, -0.25) is 0 Å². The van der Waals surface area contributed by atoms with Crippen LogP contribution in [0.4, 0.5) is 0 Å². The van der Waals surface area contributed by atoms with Gasteiger partial charge in [0.05, 0.1) is 0 Å². The normalized spacial score (nSPS) is 15.8. The molecule has 1 unspecified atom stereocenters. The van der Waals surface area contributed by atoms with Crippen molar-refractivity contribution >= 4 is 117 Å². The molecule has 0 saturated carbocycles. The molecule has 0 aromatic carbocycles. The minimum Gasteiger partial charge on any atom is -0.480 e. The summed E-state index contributed by atoms with van der Waals surface area (Å²) >= 11 is 23.8. The van der Waals surface area contributed by atoms with Crippen molar-refractivity contribution in [3.05, 3.63) is 0 Å². The van der Waals surface area contributed by atoms with Crippen molar-refractivity contribution in [2.45, 2.75) is 34.3 Å². The molecular formula is C8H9Br7O2. The van der Waals surface area contributed by atoms with E-state index in [0.29, 0.717) is 0 Å². The van der Waals surface area contributed by atoms with Crippen LogP contribution in [-0.4, -0.2) is 25.6 Å². The summed E-state index contributed by atoms with van der Waals surface area (Å²) in [6, 6.07) is 0. The summed E-state index contributed by atoms with van der Waals surface area (Å²) in [6.07, 6.45) is 1.83. The lowest BCUT2D eigenvalue weighted by molar-refractivity contribution is -0.137. The molecule has 17 heavy (non-hydrogen) atoms. The highest BCUT2D eigenvalue weighted by Gasteiger charge is 2.63. The predicted octanol–water partition coefficient (Wildman–Crippen LogP) is 6.09. The van der Waals surface area contributed by atoms with Crippen molar-refractivity contribution in [1.29, 1.82) is 0 Å². The highest BCUT2D eigenvalue weighted by Crippen LogP contribution is 2.62. The SMILES string of the molecule is CCCC(Br)C(Br)(Br)C(Br)(Br)C(Br)(Br)C(=O)O. The Labute approximate surface area is 159 Å². The largest absolute Gasteiger partial charge is 0.480 e. The van der Waals surface area contributed by atoms with Crippen LogP contribution in [0.25, 0.3) is 0 Å². The molecule has 0 aliphatic carbocycles. The molecule has 0 aromatic rings. The lowest BCUT2D eigenvalue weighted by Gasteiger charge is -2.43. The van der Waals surface area contributed by atoms with Crippen LogP contribution in [0, 0.1) is 0 Å². The summed E-state index contributed by atoms with van der Waals surface area (Å²) in [5.74, 6) is -1.05. The molecule has 9 heteroatoms. The average Bonchev–Trinajstić information content (AvgIpc) is 2.17. The molecule has 0 radical (unpaired) electrons. The van der Waals surface area contributed by atoms with Crippen LogP contribution in [-0.2, 0) is 4.79 Å². The second-order valence-electron chi connectivity index (χ2n) is 3.33. The smallest absolute Gasteiger partial charge is 0.333 e. The lowest BCUT2D eigenvalue weighted by Crippen LogP contribution is -2.55. The van der Waals surface area contributed by atoms with Crippen molar-refractivity contribution in [2.24, 2.45) is 0 Å². The Morgan fingerprint density at radius 2 is 1.59 bits per heavy atom. The van der Waals surface area contributed by atoms with Crippen molar-refractivity contribution < 1.29 is 9.90 Å². The van der Waals surface area contributed by atoms with E-state index < -0.39 is 15.7 Å². The van der Waals surface area contributed by atoms with Gasteiger partial charge in [0.1, 0.15) is 6.47 Å². The van der Waals surface area contributed by atoms with Gasteiger partial charge in [0.25, 0.3) is 0 Å². The molecule has 1 atom stereocenters. The van der Waals surface area contributed by atoms with E-state index in [1.807, 2.05) is 0 Å². The quantitative estimate of drug-likeness (QED) is 0.342. The summed E-state index contributed by atoms with van der Waals surface area (Å²) in [6.45, 7) is 2.06. The van der Waals surface area contributed by atoms with Gasteiger partial charge in [-0.15, -0.1) is 0 Å². The van der Waals surface area contributed by atoms with Crippen LogP contribution in [0.5, 0.6) is 0 Å². The van der Waals surface area contributed by atoms with Crippen LogP contribution < -0.4 is 0 Å². The van der Waals surface area contributed by atoms with E-state index in [0.717, 1.165) is 12.8 Å². The molecule has 0 amide bonds. The third-order valence-electron chi connectivity index (χ3n) is 2.02. The molecule has 0 aromatic heterocycles. The highest BCUT2D eigenvalue weighted by atomic mass is 79.9. The number of hydrogen-bond acceptors (Lipinski definition) is 1. The number of carboxylic acids is 1. The molecule has 0 saturated heterocycles. The van der Waals surface area contributed by atoms with Crippen LogP contribution in [0.1, 0.15) is 19.8 Å². The molecule has 0 heterocycles. The Morgan fingerprint density at radius 1 is 1.18 bits per heavy atom. The Hall–Kier alpha value is 2.83. The second-order valence-corrected chi connectivity index (χ2v) is 14.9. The van der Waals surface area contributed by atoms with E-state index >= 15 is 0 Å². The fourth-order valence-electron chi connectivity index (χ4n) is 0.975. The van der Waals surface area contributed by atoms with E-state index in [1.165, 1.54) is 0 Å². The molecule has 102 valence electrons. The van der Waals surface area contributed by atoms with Crippen molar-refractivity contribution in [3.8, 4) is 0 Å². The third kappa shape index (κ3) is 4.15. The van der Waals surface area contributed by atoms with Gasteiger partial charge in [-0.05, 0) is 6.42 Å². The second kappa shape index (κ2) is 7.20. The summed E-state index contributed by atoms with van der Waals surface area (Å²) in [7, 11) is 0. The number of hydrogen-bond donors (Lipinski definition) is 1. The number of carbonyl (C=O) groups is 1. The molecule has 0 spiro atoms. The Morgan fingerprint density at radius 3 is 1.88 bits per heavy atom. The fraction of sp³-hybridized carbons (Fsp3) is 0.875. The standard InChI is InChI=1S/C8H9Br7O2/c1-2-3-4(9)6(10,11)8(14,15)7(12,13)5(16)17/h4H,2-3H2,1H3,(H,16,17). The monoisotopic (exact) mass is 689 g/mol. The van der Waals surface area contributed by atoms with Gasteiger partial charge >= 0.3 is 5.97 Å². The zero-order valence-electron chi connectivity index (χ0n) is 8.49. The maximum absolute atomic E-state index is 11.3. The topological polar surface area (TPSA) is 37.3 Å². The van der Waals surface area contributed by atoms with E-state index in [4.69, 9.17) is 0 Å². The number of halogens is 7. The van der Waals surface area contributed by atoms with E-state index in [-0.39, 0.29) is 4.83 Å². The maximum atomic E-state index is 11.3. The summed E-state index contributed by atoms with van der Waals surface area (Å²) in [4.78, 5) is 11.3. The van der Waals surface area contributed by atoms with Gasteiger partial charge in [-0.1, -0.05) is 125 Å². The van der Waals surface area contributed by atoms with Crippen LogP contribution in [0.2, 0.25) is 0 Å². The van der Waals surface area contributed by atoms with Crippen LogP contribution in [0.15, 0.2) is 0 Å². The molecule has 0 rings (SSSR count). The molecule has 2 nitrogen and oxygen atoms in total. The minimum absolute atomic E-state index is 0.00701. The molecule has 0 aliphatic heterocycles. The molecular weight excluding hydrogens is 687 g/mol. The lowest BCUT2D eigenvalue weighted by atomic mass is 10.1.